The van der Waals surface area contributed by atoms with Gasteiger partial charge in [0.2, 0.25) is 5.91 Å². The van der Waals surface area contributed by atoms with Crippen molar-refractivity contribution in [2.45, 2.75) is 13.3 Å². The predicted octanol–water partition coefficient (Wildman–Crippen LogP) is 1.53. The van der Waals surface area contributed by atoms with Crippen molar-refractivity contribution < 1.29 is 19.1 Å². The summed E-state index contributed by atoms with van der Waals surface area (Å²) in [5, 5.41) is 0. The first kappa shape index (κ1) is 13.4. The first-order chi connectivity index (χ1) is 9.08. The van der Waals surface area contributed by atoms with E-state index in [1.54, 1.807) is 12.0 Å². The van der Waals surface area contributed by atoms with Gasteiger partial charge in [-0.3, -0.25) is 9.59 Å². The van der Waals surface area contributed by atoms with Crippen molar-refractivity contribution in [2.75, 3.05) is 25.7 Å². The van der Waals surface area contributed by atoms with Gasteiger partial charge < -0.3 is 14.4 Å². The second-order valence-corrected chi connectivity index (χ2v) is 4.53. The largest absolute Gasteiger partial charge is 0.496 e. The monoisotopic (exact) mass is 263 g/mol. The Balaban J connectivity index is 2.28. The van der Waals surface area contributed by atoms with Crippen LogP contribution in [0.25, 0.3) is 0 Å². The molecule has 0 saturated carbocycles. The molecule has 2 rings (SSSR count). The quantitative estimate of drug-likeness (QED) is 0.776. The molecule has 1 aliphatic heterocycles. The summed E-state index contributed by atoms with van der Waals surface area (Å²) in [7, 11) is 2.93. The maximum absolute atomic E-state index is 12.0. The molecule has 5 nitrogen and oxygen atoms in total. The van der Waals surface area contributed by atoms with E-state index in [4.69, 9.17) is 9.47 Å². The first-order valence-electron chi connectivity index (χ1n) is 6.10. The third kappa shape index (κ3) is 2.41. The lowest BCUT2D eigenvalue weighted by atomic mass is 10.1. The highest BCUT2D eigenvalue weighted by atomic mass is 16.5. The third-order valence-electron chi connectivity index (χ3n) is 3.43. The van der Waals surface area contributed by atoms with Gasteiger partial charge in [0, 0.05) is 18.5 Å². The molecule has 0 radical (unpaired) electrons. The van der Waals surface area contributed by atoms with Crippen molar-refractivity contribution in [3.05, 3.63) is 23.8 Å². The minimum Gasteiger partial charge on any atom is -0.496 e. The van der Waals surface area contributed by atoms with E-state index in [1.165, 1.54) is 7.11 Å². The molecule has 1 aliphatic rings. The maximum Gasteiger partial charge on any atom is 0.311 e. The molecule has 1 fully saturated rings. The van der Waals surface area contributed by atoms with Crippen molar-refractivity contribution in [2.24, 2.45) is 5.92 Å². The Morgan fingerprint density at radius 2 is 2.11 bits per heavy atom. The van der Waals surface area contributed by atoms with Gasteiger partial charge >= 0.3 is 5.97 Å². The predicted molar refractivity (Wildman–Crippen MR) is 70.2 cm³/mol. The van der Waals surface area contributed by atoms with Crippen LogP contribution >= 0.6 is 0 Å². The average Bonchev–Trinajstić information content (AvgIpc) is 2.80. The molecule has 1 aromatic carbocycles. The molecule has 102 valence electrons. The van der Waals surface area contributed by atoms with E-state index in [9.17, 15) is 9.59 Å². The summed E-state index contributed by atoms with van der Waals surface area (Å²) in [5.74, 6) is -0.0573. The van der Waals surface area contributed by atoms with Crippen molar-refractivity contribution in [1.29, 1.82) is 0 Å². The first-order valence-corrected chi connectivity index (χ1v) is 6.10. The molecule has 1 atom stereocenters. The number of rotatable bonds is 3. The fourth-order valence-electron chi connectivity index (χ4n) is 2.38. The van der Waals surface area contributed by atoms with Gasteiger partial charge in [-0.2, -0.15) is 0 Å². The van der Waals surface area contributed by atoms with Crippen LogP contribution in [0.2, 0.25) is 0 Å². The van der Waals surface area contributed by atoms with Crippen molar-refractivity contribution in [3.63, 3.8) is 0 Å². The van der Waals surface area contributed by atoms with Crippen LogP contribution in [-0.2, 0) is 14.3 Å². The highest BCUT2D eigenvalue weighted by molar-refractivity contribution is 6.00. The Morgan fingerprint density at radius 3 is 2.74 bits per heavy atom. The summed E-state index contributed by atoms with van der Waals surface area (Å²) < 4.78 is 9.95. The normalized spacial score (nSPS) is 18.6. The van der Waals surface area contributed by atoms with Gasteiger partial charge in [0.05, 0.1) is 25.8 Å². The maximum atomic E-state index is 12.0. The van der Waals surface area contributed by atoms with Crippen LogP contribution in [0.5, 0.6) is 5.75 Å². The zero-order valence-corrected chi connectivity index (χ0v) is 11.3. The van der Waals surface area contributed by atoms with Gasteiger partial charge in [0.15, 0.2) is 0 Å². The summed E-state index contributed by atoms with van der Waals surface area (Å²) in [4.78, 5) is 25.2. The molecule has 1 unspecified atom stereocenters. The third-order valence-corrected chi connectivity index (χ3v) is 3.43. The zero-order chi connectivity index (χ0) is 14.0. The van der Waals surface area contributed by atoms with Crippen LogP contribution in [-0.4, -0.2) is 32.6 Å². The minimum atomic E-state index is -0.386. The SMILES string of the molecule is COC(=O)C1CC(=O)N(c2cccc(OC)c2C)C1. The van der Waals surface area contributed by atoms with Crippen molar-refractivity contribution in [1.82, 2.24) is 0 Å². The molecule has 0 aromatic heterocycles. The van der Waals surface area contributed by atoms with E-state index in [0.717, 1.165) is 17.0 Å². The summed E-state index contributed by atoms with van der Waals surface area (Å²) >= 11 is 0. The standard InChI is InChI=1S/C14H17NO4/c1-9-11(5-4-6-12(9)18-2)15-8-10(7-13(15)16)14(17)19-3/h4-6,10H,7-8H2,1-3H3. The molecule has 1 amide bonds. The molecule has 19 heavy (non-hydrogen) atoms. The highest BCUT2D eigenvalue weighted by Crippen LogP contribution is 2.32. The Morgan fingerprint density at radius 1 is 1.37 bits per heavy atom. The molecule has 1 heterocycles. The minimum absolute atomic E-state index is 0.0632. The molecule has 0 spiro atoms. The van der Waals surface area contributed by atoms with E-state index < -0.39 is 0 Å². The number of hydrogen-bond donors (Lipinski definition) is 0. The Bertz CT molecular complexity index is 512. The molecular formula is C14H17NO4. The fourth-order valence-corrected chi connectivity index (χ4v) is 2.38. The molecule has 0 bridgehead atoms. The van der Waals surface area contributed by atoms with Gasteiger partial charge in [-0.05, 0) is 19.1 Å². The molecule has 5 heteroatoms. The van der Waals surface area contributed by atoms with Crippen LogP contribution in [0, 0.1) is 12.8 Å². The molecule has 1 aromatic rings. The number of ether oxygens (including phenoxy) is 2. The summed E-state index contributed by atoms with van der Waals surface area (Å²) in [6.45, 7) is 2.26. The lowest BCUT2D eigenvalue weighted by molar-refractivity contribution is -0.145. The Kier molecular flexibility index (Phi) is 3.74. The number of methoxy groups -OCH3 is 2. The van der Waals surface area contributed by atoms with E-state index >= 15 is 0 Å². The second kappa shape index (κ2) is 5.30. The number of nitrogens with zero attached hydrogens (tertiary/aromatic N) is 1. The summed E-state index contributed by atoms with van der Waals surface area (Å²) in [5.41, 5.74) is 1.68. The smallest absolute Gasteiger partial charge is 0.311 e. The Labute approximate surface area is 112 Å². The second-order valence-electron chi connectivity index (χ2n) is 4.53. The van der Waals surface area contributed by atoms with Crippen molar-refractivity contribution in [3.8, 4) is 5.75 Å². The number of amides is 1. The fraction of sp³-hybridized carbons (Fsp3) is 0.429. The zero-order valence-electron chi connectivity index (χ0n) is 11.3. The van der Waals surface area contributed by atoms with Crippen LogP contribution in [0.4, 0.5) is 5.69 Å². The lowest BCUT2D eigenvalue weighted by Gasteiger charge is -2.20. The van der Waals surface area contributed by atoms with Gasteiger partial charge in [-0.15, -0.1) is 0 Å². The van der Waals surface area contributed by atoms with Gasteiger partial charge in [0.1, 0.15) is 5.75 Å². The number of carbonyl (C=O) groups excluding carboxylic acids is 2. The van der Waals surface area contributed by atoms with E-state index in [-0.39, 0.29) is 24.2 Å². The number of hydrogen-bond acceptors (Lipinski definition) is 4. The van der Waals surface area contributed by atoms with Gasteiger partial charge in [-0.25, -0.2) is 0 Å². The molecular weight excluding hydrogens is 246 g/mol. The van der Waals surface area contributed by atoms with Gasteiger partial charge in [-0.1, -0.05) is 6.07 Å². The summed E-state index contributed by atoms with van der Waals surface area (Å²) in [6, 6.07) is 5.53. The molecule has 0 N–H and O–H groups in total. The van der Waals surface area contributed by atoms with Gasteiger partial charge in [0.25, 0.3) is 0 Å². The topological polar surface area (TPSA) is 55.8 Å². The number of anilines is 1. The van der Waals surface area contributed by atoms with E-state index in [2.05, 4.69) is 0 Å². The van der Waals surface area contributed by atoms with Crippen LogP contribution in [0.1, 0.15) is 12.0 Å². The molecule has 0 aliphatic carbocycles. The van der Waals surface area contributed by atoms with E-state index in [0.29, 0.717) is 6.54 Å². The molecule has 1 saturated heterocycles. The lowest BCUT2D eigenvalue weighted by Crippen LogP contribution is -2.26. The number of carbonyl (C=O) groups is 2. The summed E-state index contributed by atoms with van der Waals surface area (Å²) in [6.07, 6.45) is 0.198. The highest BCUT2D eigenvalue weighted by Gasteiger charge is 2.36. The van der Waals surface area contributed by atoms with Crippen LogP contribution < -0.4 is 9.64 Å². The Hall–Kier alpha value is -2.04. The number of benzene rings is 1. The van der Waals surface area contributed by atoms with Crippen LogP contribution in [0.15, 0.2) is 18.2 Å². The van der Waals surface area contributed by atoms with Crippen LogP contribution in [0.3, 0.4) is 0 Å². The average molecular weight is 263 g/mol. The number of esters is 1. The van der Waals surface area contributed by atoms with Crippen molar-refractivity contribution >= 4 is 17.6 Å². The van der Waals surface area contributed by atoms with E-state index in [1.807, 2.05) is 25.1 Å².